The highest BCUT2D eigenvalue weighted by molar-refractivity contribution is 5.95. The number of carbonyl (C=O) groups excluding carboxylic acids is 1. The van der Waals surface area contributed by atoms with Crippen molar-refractivity contribution in [2.24, 2.45) is 5.41 Å². The zero-order valence-corrected chi connectivity index (χ0v) is 21.0. The molecule has 3 rings (SSSR count). The maximum absolute atomic E-state index is 13.4. The van der Waals surface area contributed by atoms with E-state index < -0.39 is 0 Å². The van der Waals surface area contributed by atoms with Crippen molar-refractivity contribution in [3.05, 3.63) is 53.5 Å². The van der Waals surface area contributed by atoms with Crippen LogP contribution in [-0.2, 0) is 4.74 Å². The molecule has 0 unspecified atom stereocenters. The Bertz CT molecular complexity index is 988. The van der Waals surface area contributed by atoms with Crippen LogP contribution >= 0.6 is 0 Å². The van der Waals surface area contributed by atoms with Gasteiger partial charge in [-0.05, 0) is 55.0 Å². The number of nitrogens with zero attached hydrogens (tertiary/aromatic N) is 6. The van der Waals surface area contributed by atoms with Crippen LogP contribution in [0.25, 0.3) is 0 Å². The fraction of sp³-hybridized carbons (Fsp3) is 0.538. The van der Waals surface area contributed by atoms with Crippen LogP contribution in [0.2, 0.25) is 0 Å². The summed E-state index contributed by atoms with van der Waals surface area (Å²) in [6.45, 7) is 10.7. The number of hydrogen-bond acceptors (Lipinski definition) is 7. The molecule has 182 valence electrons. The molecule has 0 N–H and O–H groups in total. The highest BCUT2D eigenvalue weighted by Gasteiger charge is 2.26. The molecule has 1 aliphatic heterocycles. The summed E-state index contributed by atoms with van der Waals surface area (Å²) in [6.07, 6.45) is 5.23. The van der Waals surface area contributed by atoms with E-state index in [1.807, 2.05) is 18.2 Å². The van der Waals surface area contributed by atoms with E-state index >= 15 is 0 Å². The quantitative estimate of drug-likeness (QED) is 0.551. The number of amides is 1. The van der Waals surface area contributed by atoms with E-state index in [-0.39, 0.29) is 17.0 Å². The fourth-order valence-electron chi connectivity index (χ4n) is 4.23. The van der Waals surface area contributed by atoms with Gasteiger partial charge < -0.3 is 9.64 Å². The van der Waals surface area contributed by atoms with E-state index in [9.17, 15) is 10.1 Å². The third kappa shape index (κ3) is 6.75. The summed E-state index contributed by atoms with van der Waals surface area (Å²) in [5.74, 6) is 0.859. The minimum Gasteiger partial charge on any atom is -0.383 e. The summed E-state index contributed by atoms with van der Waals surface area (Å²) in [5, 5.41) is 12.6. The van der Waals surface area contributed by atoms with E-state index in [1.165, 1.54) is 11.8 Å². The van der Waals surface area contributed by atoms with Crippen LogP contribution in [0.5, 0.6) is 0 Å². The first-order chi connectivity index (χ1) is 16.2. The third-order valence-electron chi connectivity index (χ3n) is 6.11. The lowest BCUT2D eigenvalue weighted by Gasteiger charge is -2.37. The normalized spacial score (nSPS) is 15.1. The number of nitriles is 1. The molecule has 0 atom stereocenters. The Labute approximate surface area is 203 Å². The first-order valence-corrected chi connectivity index (χ1v) is 11.8. The lowest BCUT2D eigenvalue weighted by atomic mass is 9.89. The molecule has 0 saturated carbocycles. The van der Waals surface area contributed by atoms with Crippen molar-refractivity contribution in [1.29, 1.82) is 5.26 Å². The SMILES string of the molecule is COCCN1CCC(c2ccc(C(=O)N(C)N(CC(C)(C)C)c3cncc(C#N)n3)cc2)CC1. The Morgan fingerprint density at radius 1 is 1.21 bits per heavy atom. The molecule has 1 amide bonds. The zero-order chi connectivity index (χ0) is 24.7. The van der Waals surface area contributed by atoms with Gasteiger partial charge in [0.25, 0.3) is 5.91 Å². The Morgan fingerprint density at radius 2 is 1.88 bits per heavy atom. The van der Waals surface area contributed by atoms with Crippen molar-refractivity contribution < 1.29 is 9.53 Å². The van der Waals surface area contributed by atoms with Gasteiger partial charge in [0.15, 0.2) is 11.5 Å². The molecule has 0 spiro atoms. The number of piperidine rings is 1. The van der Waals surface area contributed by atoms with Crippen molar-refractivity contribution in [2.75, 3.05) is 52.0 Å². The predicted octanol–water partition coefficient (Wildman–Crippen LogP) is 3.71. The molecule has 8 nitrogen and oxygen atoms in total. The minimum atomic E-state index is -0.130. The number of benzene rings is 1. The zero-order valence-electron chi connectivity index (χ0n) is 21.0. The standard InChI is InChI=1S/C26H36N6O2/c1-26(2,3)19-32(24-18-28-17-23(16-27)29-24)30(4)25(33)22-8-6-20(7-9-22)21-10-12-31(13-11-21)14-15-34-5/h6-9,17-18,21H,10-15,19H2,1-5H3. The maximum Gasteiger partial charge on any atom is 0.272 e. The number of hydrogen-bond donors (Lipinski definition) is 0. The average Bonchev–Trinajstić information content (AvgIpc) is 2.85. The molecular formula is C26H36N6O2. The molecule has 34 heavy (non-hydrogen) atoms. The van der Waals surface area contributed by atoms with Crippen molar-refractivity contribution >= 4 is 11.7 Å². The summed E-state index contributed by atoms with van der Waals surface area (Å²) < 4.78 is 5.19. The van der Waals surface area contributed by atoms with Crippen LogP contribution in [-0.4, -0.2) is 72.7 Å². The van der Waals surface area contributed by atoms with E-state index in [1.54, 1.807) is 30.4 Å². The largest absolute Gasteiger partial charge is 0.383 e. The average molecular weight is 465 g/mol. The van der Waals surface area contributed by atoms with Gasteiger partial charge in [-0.25, -0.2) is 4.98 Å². The smallest absolute Gasteiger partial charge is 0.272 e. The van der Waals surface area contributed by atoms with Gasteiger partial charge in [-0.15, -0.1) is 0 Å². The van der Waals surface area contributed by atoms with Gasteiger partial charge in [-0.2, -0.15) is 5.26 Å². The molecule has 1 saturated heterocycles. The summed E-state index contributed by atoms with van der Waals surface area (Å²) in [4.78, 5) is 24.3. The monoisotopic (exact) mass is 464 g/mol. The number of methoxy groups -OCH3 is 1. The van der Waals surface area contributed by atoms with Crippen molar-refractivity contribution in [1.82, 2.24) is 19.9 Å². The van der Waals surface area contributed by atoms with E-state index in [0.717, 1.165) is 39.1 Å². The number of ether oxygens (including phenoxy) is 1. The van der Waals surface area contributed by atoms with E-state index in [4.69, 9.17) is 4.74 Å². The molecule has 0 radical (unpaired) electrons. The highest BCUT2D eigenvalue weighted by Crippen LogP contribution is 2.28. The van der Waals surface area contributed by atoms with Gasteiger partial charge in [0.2, 0.25) is 0 Å². The lowest BCUT2D eigenvalue weighted by Crippen LogP contribution is -2.48. The second-order valence-corrected chi connectivity index (χ2v) is 10.1. The summed E-state index contributed by atoms with van der Waals surface area (Å²) >= 11 is 0. The fourth-order valence-corrected chi connectivity index (χ4v) is 4.23. The van der Waals surface area contributed by atoms with Gasteiger partial charge in [-0.1, -0.05) is 32.9 Å². The van der Waals surface area contributed by atoms with Gasteiger partial charge in [0.1, 0.15) is 6.07 Å². The molecule has 8 heteroatoms. The van der Waals surface area contributed by atoms with Crippen LogP contribution in [0.3, 0.4) is 0 Å². The van der Waals surface area contributed by atoms with E-state index in [2.05, 4.69) is 47.8 Å². The Balaban J connectivity index is 1.72. The van der Waals surface area contributed by atoms with Crippen LogP contribution in [0, 0.1) is 16.7 Å². The topological polar surface area (TPSA) is 85.6 Å². The molecule has 0 bridgehead atoms. The molecule has 1 aliphatic rings. The molecule has 2 aromatic rings. The first-order valence-electron chi connectivity index (χ1n) is 11.8. The van der Waals surface area contributed by atoms with Gasteiger partial charge >= 0.3 is 0 Å². The molecule has 1 aromatic heterocycles. The summed E-state index contributed by atoms with van der Waals surface area (Å²) in [7, 11) is 3.48. The number of hydrazine groups is 1. The lowest BCUT2D eigenvalue weighted by molar-refractivity contribution is 0.0763. The first kappa shape index (κ1) is 25.6. The second kappa shape index (κ2) is 11.4. The van der Waals surface area contributed by atoms with Crippen molar-refractivity contribution in [3.63, 3.8) is 0 Å². The molecule has 1 aromatic carbocycles. The molecule has 2 heterocycles. The van der Waals surface area contributed by atoms with Gasteiger partial charge in [0.05, 0.1) is 19.0 Å². The third-order valence-corrected chi connectivity index (χ3v) is 6.11. The number of anilines is 1. The van der Waals surface area contributed by atoms with Crippen LogP contribution in [0.1, 0.15) is 61.1 Å². The van der Waals surface area contributed by atoms with E-state index in [0.29, 0.717) is 23.8 Å². The number of rotatable bonds is 8. The Morgan fingerprint density at radius 3 is 2.47 bits per heavy atom. The number of aromatic nitrogens is 2. The van der Waals surface area contributed by atoms with Gasteiger partial charge in [0, 0.05) is 32.8 Å². The minimum absolute atomic E-state index is 0.110. The Hall–Kier alpha value is -3.02. The van der Waals surface area contributed by atoms with Crippen molar-refractivity contribution in [3.8, 4) is 6.07 Å². The van der Waals surface area contributed by atoms with Crippen molar-refractivity contribution in [2.45, 2.75) is 39.5 Å². The predicted molar refractivity (Wildman–Crippen MR) is 132 cm³/mol. The summed E-state index contributed by atoms with van der Waals surface area (Å²) in [6, 6.07) is 10.0. The second-order valence-electron chi connectivity index (χ2n) is 10.1. The summed E-state index contributed by atoms with van der Waals surface area (Å²) in [5.41, 5.74) is 2.01. The Kier molecular flexibility index (Phi) is 8.59. The van der Waals surface area contributed by atoms with Crippen LogP contribution in [0.15, 0.2) is 36.7 Å². The number of carbonyl (C=O) groups is 1. The number of likely N-dealkylation sites (tertiary alicyclic amines) is 1. The molecule has 0 aliphatic carbocycles. The van der Waals surface area contributed by atoms with Crippen LogP contribution in [0.4, 0.5) is 5.82 Å². The van der Waals surface area contributed by atoms with Crippen LogP contribution < -0.4 is 5.01 Å². The molecule has 1 fully saturated rings. The molecular weight excluding hydrogens is 428 g/mol. The highest BCUT2D eigenvalue weighted by atomic mass is 16.5. The maximum atomic E-state index is 13.4. The van der Waals surface area contributed by atoms with Gasteiger partial charge in [-0.3, -0.25) is 19.8 Å².